The average molecular weight is 324 g/mol. The average Bonchev–Trinajstić information content (AvgIpc) is 2.94. The van der Waals surface area contributed by atoms with E-state index in [1.807, 2.05) is 30.3 Å². The Hall–Kier alpha value is -2.33. The van der Waals surface area contributed by atoms with Gasteiger partial charge in [-0.15, -0.1) is 0 Å². The first-order chi connectivity index (χ1) is 11.7. The number of para-hydroxylation sites is 2. The van der Waals surface area contributed by atoms with Gasteiger partial charge in [-0.1, -0.05) is 29.8 Å². The van der Waals surface area contributed by atoms with Gasteiger partial charge < -0.3 is 14.4 Å². The number of nitrogens with zero attached hydrogens (tertiary/aromatic N) is 2. The first kappa shape index (κ1) is 16.5. The van der Waals surface area contributed by atoms with Crippen molar-refractivity contribution in [3.63, 3.8) is 0 Å². The van der Waals surface area contributed by atoms with Gasteiger partial charge in [0.15, 0.2) is 0 Å². The number of fused-ring (bicyclic) bond motifs is 1. The summed E-state index contributed by atoms with van der Waals surface area (Å²) < 4.78 is 7.98. The maximum Gasteiger partial charge on any atom is 0.135 e. The molecular weight excluding hydrogens is 300 g/mol. The third-order valence-corrected chi connectivity index (χ3v) is 4.24. The summed E-state index contributed by atoms with van der Waals surface area (Å²) in [6.45, 7) is 5.67. The van der Waals surface area contributed by atoms with E-state index >= 15 is 0 Å². The predicted octanol–water partition coefficient (Wildman–Crippen LogP) is 4.00. The van der Waals surface area contributed by atoms with Crippen molar-refractivity contribution in [2.45, 2.75) is 39.8 Å². The molecule has 1 aromatic heterocycles. The lowest BCUT2D eigenvalue weighted by atomic mass is 10.1. The quantitative estimate of drug-likeness (QED) is 0.668. The van der Waals surface area contributed by atoms with Crippen molar-refractivity contribution in [2.24, 2.45) is 0 Å². The number of aromatic nitrogens is 2. The molecule has 1 heterocycles. The molecule has 0 radical (unpaired) electrons. The number of unbranched alkanes of at least 4 members (excludes halogenated alkanes) is 1. The summed E-state index contributed by atoms with van der Waals surface area (Å²) in [5.74, 6) is 1.69. The van der Waals surface area contributed by atoms with E-state index in [-0.39, 0.29) is 6.61 Å². The van der Waals surface area contributed by atoms with Crippen molar-refractivity contribution >= 4 is 11.0 Å². The second kappa shape index (κ2) is 7.49. The number of hydrogen-bond donors (Lipinski definition) is 1. The second-order valence-corrected chi connectivity index (χ2v) is 6.15. The van der Waals surface area contributed by atoms with E-state index in [2.05, 4.69) is 35.5 Å². The lowest BCUT2D eigenvalue weighted by molar-refractivity contribution is 0.263. The van der Waals surface area contributed by atoms with E-state index in [4.69, 9.17) is 4.74 Å². The number of hydrogen-bond acceptors (Lipinski definition) is 3. The lowest BCUT2D eigenvalue weighted by Crippen LogP contribution is -2.06. The minimum absolute atomic E-state index is 0.0340. The fraction of sp³-hybridized carbons (Fsp3) is 0.350. The van der Waals surface area contributed by atoms with E-state index in [9.17, 15) is 5.11 Å². The zero-order valence-electron chi connectivity index (χ0n) is 14.3. The zero-order chi connectivity index (χ0) is 16.9. The van der Waals surface area contributed by atoms with Crippen molar-refractivity contribution < 1.29 is 9.84 Å². The lowest BCUT2D eigenvalue weighted by Gasteiger charge is -2.11. The number of benzene rings is 2. The number of ether oxygens (including phenoxy) is 1. The van der Waals surface area contributed by atoms with E-state index in [1.54, 1.807) is 0 Å². The molecule has 0 aliphatic rings. The molecule has 0 spiro atoms. The third-order valence-electron chi connectivity index (χ3n) is 4.24. The zero-order valence-corrected chi connectivity index (χ0v) is 14.3. The van der Waals surface area contributed by atoms with E-state index < -0.39 is 0 Å². The Balaban J connectivity index is 1.55. The largest absolute Gasteiger partial charge is 0.493 e. The highest BCUT2D eigenvalue weighted by atomic mass is 16.5. The van der Waals surface area contributed by atoms with Crippen molar-refractivity contribution in [3.05, 3.63) is 59.4 Å². The molecule has 0 unspecified atom stereocenters. The van der Waals surface area contributed by atoms with Gasteiger partial charge in [0.1, 0.15) is 18.2 Å². The van der Waals surface area contributed by atoms with Crippen molar-refractivity contribution in [2.75, 3.05) is 6.61 Å². The van der Waals surface area contributed by atoms with Crippen LogP contribution in [0.1, 0.15) is 29.8 Å². The molecule has 3 rings (SSSR count). The maximum atomic E-state index is 9.52. The molecule has 24 heavy (non-hydrogen) atoms. The number of aliphatic hydroxyl groups excluding tert-OH is 1. The molecule has 0 bridgehead atoms. The molecule has 0 atom stereocenters. The van der Waals surface area contributed by atoms with E-state index in [1.165, 1.54) is 11.1 Å². The predicted molar refractivity (Wildman–Crippen MR) is 96.3 cm³/mol. The van der Waals surface area contributed by atoms with Crippen LogP contribution in [-0.2, 0) is 13.2 Å². The molecular formula is C20H24N2O2. The highest BCUT2D eigenvalue weighted by Gasteiger charge is 2.09. The summed E-state index contributed by atoms with van der Waals surface area (Å²) in [5, 5.41) is 9.52. The molecule has 4 heteroatoms. The Morgan fingerprint density at radius 1 is 1.08 bits per heavy atom. The Bertz CT molecular complexity index is 824. The SMILES string of the molecule is Cc1ccc(OCCCCn2c(CO)nc3ccccc32)c(C)c1. The van der Waals surface area contributed by atoms with Crippen LogP contribution in [0.4, 0.5) is 0 Å². The van der Waals surface area contributed by atoms with Gasteiger partial charge in [0, 0.05) is 6.54 Å². The van der Waals surface area contributed by atoms with Gasteiger partial charge in [-0.3, -0.25) is 0 Å². The normalized spacial score (nSPS) is 11.1. The van der Waals surface area contributed by atoms with Gasteiger partial charge in [0.05, 0.1) is 17.6 Å². The summed E-state index contributed by atoms with van der Waals surface area (Å²) in [4.78, 5) is 4.48. The summed E-state index contributed by atoms with van der Waals surface area (Å²) in [6.07, 6.45) is 1.95. The third kappa shape index (κ3) is 3.60. The maximum absolute atomic E-state index is 9.52. The molecule has 0 saturated carbocycles. The van der Waals surface area contributed by atoms with Crippen LogP contribution in [0, 0.1) is 13.8 Å². The Morgan fingerprint density at radius 2 is 1.92 bits per heavy atom. The van der Waals surface area contributed by atoms with Gasteiger partial charge in [-0.2, -0.15) is 0 Å². The highest BCUT2D eigenvalue weighted by Crippen LogP contribution is 2.20. The summed E-state index contributed by atoms with van der Waals surface area (Å²) >= 11 is 0. The highest BCUT2D eigenvalue weighted by molar-refractivity contribution is 5.75. The Labute approximate surface area is 142 Å². The molecule has 3 aromatic rings. The first-order valence-electron chi connectivity index (χ1n) is 8.44. The number of aliphatic hydroxyl groups is 1. The summed E-state index contributed by atoms with van der Waals surface area (Å²) in [6, 6.07) is 14.3. The molecule has 1 N–H and O–H groups in total. The molecule has 126 valence electrons. The monoisotopic (exact) mass is 324 g/mol. The minimum atomic E-state index is -0.0340. The molecule has 0 amide bonds. The fourth-order valence-electron chi connectivity index (χ4n) is 3.01. The first-order valence-corrected chi connectivity index (χ1v) is 8.44. The molecule has 0 aliphatic heterocycles. The van der Waals surface area contributed by atoms with Crippen LogP contribution in [-0.4, -0.2) is 21.3 Å². The summed E-state index contributed by atoms with van der Waals surface area (Å²) in [5.41, 5.74) is 4.45. The van der Waals surface area contributed by atoms with Gasteiger partial charge in [0.2, 0.25) is 0 Å². The molecule has 2 aromatic carbocycles. The Kier molecular flexibility index (Phi) is 5.16. The van der Waals surface area contributed by atoms with Crippen LogP contribution in [0.3, 0.4) is 0 Å². The molecule has 4 nitrogen and oxygen atoms in total. The van der Waals surface area contributed by atoms with Gasteiger partial charge in [0.25, 0.3) is 0 Å². The van der Waals surface area contributed by atoms with Crippen LogP contribution >= 0.6 is 0 Å². The minimum Gasteiger partial charge on any atom is -0.493 e. The molecule has 0 aliphatic carbocycles. The number of imidazole rings is 1. The van der Waals surface area contributed by atoms with Crippen LogP contribution in [0.2, 0.25) is 0 Å². The van der Waals surface area contributed by atoms with E-state index in [0.717, 1.165) is 42.0 Å². The van der Waals surface area contributed by atoms with Crippen LogP contribution < -0.4 is 4.74 Å². The molecule has 0 saturated heterocycles. The Morgan fingerprint density at radius 3 is 2.71 bits per heavy atom. The molecule has 0 fully saturated rings. The van der Waals surface area contributed by atoms with Gasteiger partial charge in [-0.05, 0) is 50.5 Å². The van der Waals surface area contributed by atoms with Gasteiger partial charge in [-0.25, -0.2) is 4.98 Å². The topological polar surface area (TPSA) is 47.3 Å². The van der Waals surface area contributed by atoms with Crippen molar-refractivity contribution in [1.82, 2.24) is 9.55 Å². The van der Waals surface area contributed by atoms with E-state index in [0.29, 0.717) is 6.61 Å². The van der Waals surface area contributed by atoms with Crippen LogP contribution in [0.5, 0.6) is 5.75 Å². The standard InChI is InChI=1S/C20H24N2O2/c1-15-9-10-19(16(2)13-15)24-12-6-5-11-22-18-8-4-3-7-17(18)21-20(22)14-23/h3-4,7-10,13,23H,5-6,11-12,14H2,1-2H3. The van der Waals surface area contributed by atoms with Crippen molar-refractivity contribution in [1.29, 1.82) is 0 Å². The fourth-order valence-corrected chi connectivity index (χ4v) is 3.01. The summed E-state index contributed by atoms with van der Waals surface area (Å²) in [7, 11) is 0. The smallest absolute Gasteiger partial charge is 0.135 e. The number of aryl methyl sites for hydroxylation is 3. The van der Waals surface area contributed by atoms with Crippen LogP contribution in [0.25, 0.3) is 11.0 Å². The van der Waals surface area contributed by atoms with Crippen molar-refractivity contribution in [3.8, 4) is 5.75 Å². The van der Waals surface area contributed by atoms with Crippen LogP contribution in [0.15, 0.2) is 42.5 Å². The van der Waals surface area contributed by atoms with Gasteiger partial charge >= 0.3 is 0 Å². The number of rotatable bonds is 7. The second-order valence-electron chi connectivity index (χ2n) is 6.15.